The molecule has 0 aromatic heterocycles. The van der Waals surface area contributed by atoms with Crippen LogP contribution in [0, 0.1) is 24.0 Å². The number of hydrogen-bond acceptors (Lipinski definition) is 2. The Bertz CT molecular complexity index is 444. The van der Waals surface area contributed by atoms with E-state index in [1.807, 2.05) is 5.92 Å². The highest BCUT2D eigenvalue weighted by molar-refractivity contribution is 5.52. The highest BCUT2D eigenvalue weighted by Crippen LogP contribution is 2.24. The number of halogens is 2. The Balaban J connectivity index is 2.31. The lowest BCUT2D eigenvalue weighted by Crippen LogP contribution is -2.38. The Morgan fingerprint density at radius 1 is 1.35 bits per heavy atom. The molecular formula is C13H13F2NO. The fraction of sp³-hybridized carbons (Fsp3) is 0.385. The Labute approximate surface area is 98.9 Å². The second kappa shape index (κ2) is 4.72. The van der Waals surface area contributed by atoms with Crippen molar-refractivity contribution in [1.82, 2.24) is 0 Å². The molecule has 1 aliphatic heterocycles. The second-order valence-electron chi connectivity index (χ2n) is 4.17. The molecule has 0 saturated carbocycles. The molecule has 0 unspecified atom stereocenters. The summed E-state index contributed by atoms with van der Waals surface area (Å²) in [6, 6.07) is 2.44. The number of aliphatic hydroxyl groups is 1. The Hall–Kier alpha value is -1.60. The zero-order chi connectivity index (χ0) is 12.4. The van der Waals surface area contributed by atoms with Crippen LogP contribution >= 0.6 is 0 Å². The van der Waals surface area contributed by atoms with Crippen LogP contribution in [0.25, 0.3) is 0 Å². The molecule has 0 radical (unpaired) electrons. The molecule has 2 nitrogen and oxygen atoms in total. The summed E-state index contributed by atoms with van der Waals surface area (Å²) in [5.74, 6) is 0.517. The smallest absolute Gasteiger partial charge is 0.143 e. The zero-order valence-corrected chi connectivity index (χ0v) is 9.29. The van der Waals surface area contributed by atoms with Crippen molar-refractivity contribution in [3.63, 3.8) is 0 Å². The van der Waals surface area contributed by atoms with Crippen LogP contribution in [0.2, 0.25) is 0 Å². The zero-order valence-electron chi connectivity index (χ0n) is 9.29. The predicted molar refractivity (Wildman–Crippen MR) is 61.7 cm³/mol. The Morgan fingerprint density at radius 2 is 2.00 bits per heavy atom. The summed E-state index contributed by atoms with van der Waals surface area (Å²) >= 11 is 0. The quantitative estimate of drug-likeness (QED) is 0.754. The van der Waals surface area contributed by atoms with E-state index >= 15 is 0 Å². The van der Waals surface area contributed by atoms with Crippen molar-refractivity contribution in [1.29, 1.82) is 0 Å². The molecule has 1 aromatic rings. The minimum Gasteiger partial charge on any atom is -0.391 e. The lowest BCUT2D eigenvalue weighted by Gasteiger charge is -2.32. The van der Waals surface area contributed by atoms with E-state index in [1.54, 1.807) is 4.90 Å². The van der Waals surface area contributed by atoms with Gasteiger partial charge in [0.15, 0.2) is 0 Å². The number of hydrogen-bond donors (Lipinski definition) is 1. The third-order valence-electron chi connectivity index (χ3n) is 2.93. The monoisotopic (exact) mass is 237 g/mol. The maximum absolute atomic E-state index is 13.5. The van der Waals surface area contributed by atoms with E-state index < -0.39 is 17.7 Å². The fourth-order valence-corrected chi connectivity index (χ4v) is 2.07. The van der Waals surface area contributed by atoms with Crippen molar-refractivity contribution in [2.45, 2.75) is 18.9 Å². The average molecular weight is 237 g/mol. The number of β-amino-alcohol motifs (C(OH)–C–C–N with tert-alkyl or cyclic N) is 1. The van der Waals surface area contributed by atoms with Crippen molar-refractivity contribution in [2.75, 3.05) is 18.0 Å². The average Bonchev–Trinajstić information content (AvgIpc) is 2.28. The highest BCUT2D eigenvalue weighted by Gasteiger charge is 2.20. The van der Waals surface area contributed by atoms with Gasteiger partial charge in [0.25, 0.3) is 0 Å². The molecule has 1 aliphatic rings. The summed E-state index contributed by atoms with van der Waals surface area (Å²) in [5, 5.41) is 9.52. The molecule has 1 N–H and O–H groups in total. The summed E-state index contributed by atoms with van der Waals surface area (Å²) in [6.07, 6.45) is 6.11. The van der Waals surface area contributed by atoms with Gasteiger partial charge in [-0.25, -0.2) is 8.78 Å². The van der Waals surface area contributed by atoms with Crippen molar-refractivity contribution in [2.24, 2.45) is 0 Å². The van der Waals surface area contributed by atoms with E-state index in [9.17, 15) is 13.9 Å². The van der Waals surface area contributed by atoms with Gasteiger partial charge in [-0.1, -0.05) is 5.92 Å². The SMILES string of the molecule is C#Cc1c(F)cc(N2CCC[C@@H](O)C2)cc1F. The number of aliphatic hydroxyl groups excluding tert-OH is 1. The van der Waals surface area contributed by atoms with Crippen LogP contribution in [0.1, 0.15) is 18.4 Å². The molecule has 17 heavy (non-hydrogen) atoms. The summed E-state index contributed by atoms with van der Waals surface area (Å²) in [6.45, 7) is 1.08. The highest BCUT2D eigenvalue weighted by atomic mass is 19.1. The second-order valence-corrected chi connectivity index (χ2v) is 4.17. The molecule has 0 aliphatic carbocycles. The number of rotatable bonds is 1. The van der Waals surface area contributed by atoms with Crippen LogP contribution in [0.15, 0.2) is 12.1 Å². The molecule has 0 bridgehead atoms. The number of nitrogens with zero attached hydrogens (tertiary/aromatic N) is 1. The molecule has 4 heteroatoms. The van der Waals surface area contributed by atoms with E-state index in [-0.39, 0.29) is 5.56 Å². The van der Waals surface area contributed by atoms with Crippen LogP contribution in [0.4, 0.5) is 14.5 Å². The summed E-state index contributed by atoms with van der Waals surface area (Å²) in [4.78, 5) is 1.76. The van der Waals surface area contributed by atoms with Gasteiger partial charge < -0.3 is 10.0 Å². The van der Waals surface area contributed by atoms with E-state index in [2.05, 4.69) is 0 Å². The van der Waals surface area contributed by atoms with Crippen LogP contribution < -0.4 is 4.90 Å². The largest absolute Gasteiger partial charge is 0.391 e. The van der Waals surface area contributed by atoms with Crippen molar-refractivity contribution >= 4 is 5.69 Å². The summed E-state index contributed by atoms with van der Waals surface area (Å²) < 4.78 is 27.0. The maximum atomic E-state index is 13.5. The van der Waals surface area contributed by atoms with Gasteiger partial charge in [0, 0.05) is 18.8 Å². The molecule has 0 spiro atoms. The lowest BCUT2D eigenvalue weighted by atomic mass is 10.1. The minimum absolute atomic E-state index is 0.341. The Morgan fingerprint density at radius 3 is 2.53 bits per heavy atom. The number of terminal acetylenes is 1. The van der Waals surface area contributed by atoms with E-state index in [0.29, 0.717) is 18.8 Å². The fourth-order valence-electron chi connectivity index (χ4n) is 2.07. The van der Waals surface area contributed by atoms with Crippen LogP contribution in [0.3, 0.4) is 0 Å². The molecule has 0 amide bonds. The van der Waals surface area contributed by atoms with Gasteiger partial charge in [-0.15, -0.1) is 6.42 Å². The predicted octanol–water partition coefficient (Wildman–Crippen LogP) is 1.91. The first-order chi connectivity index (χ1) is 8.11. The first-order valence-electron chi connectivity index (χ1n) is 5.50. The van der Waals surface area contributed by atoms with E-state index in [4.69, 9.17) is 6.42 Å². The first kappa shape index (κ1) is 11.9. The van der Waals surface area contributed by atoms with Crippen LogP contribution in [0.5, 0.6) is 0 Å². The summed E-state index contributed by atoms with van der Waals surface area (Å²) in [5.41, 5.74) is 0.0871. The molecule has 1 aromatic carbocycles. The Kier molecular flexibility index (Phi) is 3.30. The van der Waals surface area contributed by atoms with Gasteiger partial charge in [0.2, 0.25) is 0 Å². The third-order valence-corrected chi connectivity index (χ3v) is 2.93. The van der Waals surface area contributed by atoms with Gasteiger partial charge in [0.1, 0.15) is 11.6 Å². The van der Waals surface area contributed by atoms with Crippen molar-refractivity contribution in [3.05, 3.63) is 29.3 Å². The molecule has 1 fully saturated rings. The van der Waals surface area contributed by atoms with Gasteiger partial charge in [-0.3, -0.25) is 0 Å². The van der Waals surface area contributed by atoms with Crippen LogP contribution in [-0.4, -0.2) is 24.3 Å². The number of anilines is 1. The first-order valence-corrected chi connectivity index (χ1v) is 5.50. The lowest BCUT2D eigenvalue weighted by molar-refractivity contribution is 0.154. The van der Waals surface area contributed by atoms with E-state index in [0.717, 1.165) is 12.8 Å². The molecule has 1 heterocycles. The van der Waals surface area contributed by atoms with Gasteiger partial charge in [-0.05, 0) is 25.0 Å². The molecule has 1 atom stereocenters. The van der Waals surface area contributed by atoms with Gasteiger partial charge in [-0.2, -0.15) is 0 Å². The number of benzene rings is 1. The summed E-state index contributed by atoms with van der Waals surface area (Å²) in [7, 11) is 0. The van der Waals surface area contributed by atoms with E-state index in [1.165, 1.54) is 12.1 Å². The molecular weight excluding hydrogens is 224 g/mol. The van der Waals surface area contributed by atoms with Crippen molar-refractivity contribution in [3.8, 4) is 12.3 Å². The third kappa shape index (κ3) is 2.40. The van der Waals surface area contributed by atoms with Gasteiger partial charge in [0.05, 0.1) is 11.7 Å². The molecule has 90 valence electrons. The minimum atomic E-state index is -0.734. The molecule has 2 rings (SSSR count). The molecule has 1 saturated heterocycles. The van der Waals surface area contributed by atoms with Crippen molar-refractivity contribution < 1.29 is 13.9 Å². The van der Waals surface area contributed by atoms with Gasteiger partial charge >= 0.3 is 0 Å². The standard InChI is InChI=1S/C13H13F2NO/c1-2-11-12(14)6-9(7-13(11)15)16-5-3-4-10(17)8-16/h1,6-7,10,17H,3-5,8H2/t10-/m1/s1. The maximum Gasteiger partial charge on any atom is 0.143 e. The normalized spacial score (nSPS) is 20.1. The topological polar surface area (TPSA) is 23.5 Å². The number of piperidine rings is 1. The van der Waals surface area contributed by atoms with Crippen LogP contribution in [-0.2, 0) is 0 Å².